The van der Waals surface area contributed by atoms with Gasteiger partial charge in [0.25, 0.3) is 0 Å². The minimum absolute atomic E-state index is 0.0930. The summed E-state index contributed by atoms with van der Waals surface area (Å²) < 4.78 is 11.5. The van der Waals surface area contributed by atoms with Gasteiger partial charge in [-0.2, -0.15) is 0 Å². The number of hydrogen-bond donors (Lipinski definition) is 1. The number of rotatable bonds is 8. The molecule has 0 aliphatic heterocycles. The molecule has 2 aromatic rings. The van der Waals surface area contributed by atoms with Gasteiger partial charge in [0.1, 0.15) is 18.5 Å². The molecule has 0 radical (unpaired) electrons. The van der Waals surface area contributed by atoms with E-state index in [1.54, 1.807) is 18.2 Å². The van der Waals surface area contributed by atoms with E-state index in [9.17, 15) is 9.90 Å². The number of halogens is 1. The number of aldehydes is 1. The number of carbonyl (C=O) groups excluding carboxylic acids is 1. The highest BCUT2D eigenvalue weighted by molar-refractivity contribution is 9.10. The van der Waals surface area contributed by atoms with Crippen molar-refractivity contribution in [3.8, 4) is 5.75 Å². The zero-order chi connectivity index (χ0) is 15.8. The fourth-order valence-corrected chi connectivity index (χ4v) is 2.32. The molecular weight excluding hydrogens is 348 g/mol. The summed E-state index contributed by atoms with van der Waals surface area (Å²) in [5, 5.41) is 9.87. The first-order valence-electron chi connectivity index (χ1n) is 6.87. The molecule has 22 heavy (non-hydrogen) atoms. The van der Waals surface area contributed by atoms with Gasteiger partial charge in [0.05, 0.1) is 17.7 Å². The van der Waals surface area contributed by atoms with E-state index < -0.39 is 6.10 Å². The Morgan fingerprint density at radius 3 is 2.59 bits per heavy atom. The molecule has 0 aromatic heterocycles. The van der Waals surface area contributed by atoms with Crippen LogP contribution in [0.25, 0.3) is 0 Å². The van der Waals surface area contributed by atoms with Crippen LogP contribution in [-0.2, 0) is 11.3 Å². The average molecular weight is 365 g/mol. The topological polar surface area (TPSA) is 55.8 Å². The predicted molar refractivity (Wildman–Crippen MR) is 87.1 cm³/mol. The third-order valence-corrected chi connectivity index (χ3v) is 3.82. The van der Waals surface area contributed by atoms with Crippen LogP contribution >= 0.6 is 15.9 Å². The van der Waals surface area contributed by atoms with E-state index >= 15 is 0 Å². The summed E-state index contributed by atoms with van der Waals surface area (Å²) >= 11 is 3.31. The molecule has 0 aliphatic rings. The number of hydrogen-bond acceptors (Lipinski definition) is 4. The average Bonchev–Trinajstić information content (AvgIpc) is 2.55. The fourth-order valence-electron chi connectivity index (χ4n) is 1.85. The molecule has 1 atom stereocenters. The van der Waals surface area contributed by atoms with Crippen molar-refractivity contribution in [1.29, 1.82) is 0 Å². The summed E-state index contributed by atoms with van der Waals surface area (Å²) in [6, 6.07) is 14.9. The maximum absolute atomic E-state index is 10.8. The molecular formula is C17H17BrO4. The van der Waals surface area contributed by atoms with E-state index in [2.05, 4.69) is 15.9 Å². The Morgan fingerprint density at radius 2 is 1.86 bits per heavy atom. The summed E-state index contributed by atoms with van der Waals surface area (Å²) in [6.07, 6.45) is 0.00609. The normalized spacial score (nSPS) is 11.9. The second kappa shape index (κ2) is 8.68. The minimum Gasteiger partial charge on any atom is -0.490 e. The first-order chi connectivity index (χ1) is 10.7. The Bertz CT molecular complexity index is 601. The van der Waals surface area contributed by atoms with Crippen molar-refractivity contribution in [2.75, 3.05) is 13.2 Å². The SMILES string of the molecule is O=Cc1cccc(OCC(O)COCc2ccccc2)c1Br. The van der Waals surface area contributed by atoms with Gasteiger partial charge < -0.3 is 14.6 Å². The van der Waals surface area contributed by atoms with Gasteiger partial charge >= 0.3 is 0 Å². The van der Waals surface area contributed by atoms with Gasteiger partial charge in [-0.3, -0.25) is 4.79 Å². The van der Waals surface area contributed by atoms with E-state index in [4.69, 9.17) is 9.47 Å². The molecule has 2 rings (SSSR count). The van der Waals surface area contributed by atoms with Gasteiger partial charge in [-0.15, -0.1) is 0 Å². The molecule has 0 aliphatic carbocycles. The number of aliphatic hydroxyl groups excluding tert-OH is 1. The monoisotopic (exact) mass is 364 g/mol. The van der Waals surface area contributed by atoms with E-state index in [0.29, 0.717) is 22.4 Å². The number of aliphatic hydroxyl groups is 1. The first kappa shape index (κ1) is 16.7. The van der Waals surface area contributed by atoms with Gasteiger partial charge in [0, 0.05) is 5.56 Å². The van der Waals surface area contributed by atoms with Gasteiger partial charge in [0.2, 0.25) is 0 Å². The smallest absolute Gasteiger partial charge is 0.151 e. The second-order valence-electron chi connectivity index (χ2n) is 4.74. The van der Waals surface area contributed by atoms with Crippen molar-refractivity contribution in [1.82, 2.24) is 0 Å². The highest BCUT2D eigenvalue weighted by Gasteiger charge is 2.10. The van der Waals surface area contributed by atoms with E-state index in [-0.39, 0.29) is 13.2 Å². The summed E-state index contributed by atoms with van der Waals surface area (Å²) in [5.74, 6) is 0.520. The Hall–Kier alpha value is -1.69. The Morgan fingerprint density at radius 1 is 1.09 bits per heavy atom. The molecule has 0 saturated heterocycles. The number of ether oxygens (including phenoxy) is 2. The quantitative estimate of drug-likeness (QED) is 0.730. The van der Waals surface area contributed by atoms with Crippen LogP contribution in [0.2, 0.25) is 0 Å². The first-order valence-corrected chi connectivity index (χ1v) is 7.66. The van der Waals surface area contributed by atoms with Crippen LogP contribution in [0.3, 0.4) is 0 Å². The van der Waals surface area contributed by atoms with Gasteiger partial charge in [0.15, 0.2) is 6.29 Å². The van der Waals surface area contributed by atoms with E-state index in [0.717, 1.165) is 11.8 Å². The molecule has 0 spiro atoms. The van der Waals surface area contributed by atoms with E-state index in [1.807, 2.05) is 30.3 Å². The van der Waals surface area contributed by atoms with Crippen LogP contribution in [0.15, 0.2) is 53.0 Å². The van der Waals surface area contributed by atoms with Crippen molar-refractivity contribution in [3.05, 3.63) is 64.1 Å². The second-order valence-corrected chi connectivity index (χ2v) is 5.54. The molecule has 0 heterocycles. The van der Waals surface area contributed by atoms with Crippen LogP contribution in [0.5, 0.6) is 5.75 Å². The molecule has 5 heteroatoms. The van der Waals surface area contributed by atoms with Crippen molar-refractivity contribution in [3.63, 3.8) is 0 Å². The lowest BCUT2D eigenvalue weighted by atomic mass is 10.2. The minimum atomic E-state index is -0.740. The van der Waals surface area contributed by atoms with Crippen molar-refractivity contribution < 1.29 is 19.4 Å². The maximum Gasteiger partial charge on any atom is 0.151 e. The standard InChI is InChI=1S/C17H17BrO4/c18-17-14(9-19)7-4-8-16(17)22-12-15(20)11-21-10-13-5-2-1-3-6-13/h1-9,15,20H,10-12H2. The zero-order valence-electron chi connectivity index (χ0n) is 11.9. The highest BCUT2D eigenvalue weighted by Crippen LogP contribution is 2.27. The third kappa shape index (κ3) is 4.94. The van der Waals surface area contributed by atoms with Crippen molar-refractivity contribution in [2.24, 2.45) is 0 Å². The largest absolute Gasteiger partial charge is 0.490 e. The third-order valence-electron chi connectivity index (χ3n) is 2.97. The summed E-state index contributed by atoms with van der Waals surface area (Å²) in [5.41, 5.74) is 1.56. The summed E-state index contributed by atoms with van der Waals surface area (Å²) in [7, 11) is 0. The lowest BCUT2D eigenvalue weighted by molar-refractivity contribution is 0.00535. The Balaban J connectivity index is 1.76. The van der Waals surface area contributed by atoms with Crippen molar-refractivity contribution in [2.45, 2.75) is 12.7 Å². The lowest BCUT2D eigenvalue weighted by Crippen LogP contribution is -2.23. The summed E-state index contributed by atoms with van der Waals surface area (Å²) in [4.78, 5) is 10.8. The van der Waals surface area contributed by atoms with Crippen LogP contribution in [0.1, 0.15) is 15.9 Å². The molecule has 1 N–H and O–H groups in total. The van der Waals surface area contributed by atoms with Crippen LogP contribution < -0.4 is 4.74 Å². The maximum atomic E-state index is 10.8. The molecule has 1 unspecified atom stereocenters. The number of benzene rings is 2. The Kier molecular flexibility index (Phi) is 6.58. The Labute approximate surface area is 137 Å². The van der Waals surface area contributed by atoms with Gasteiger partial charge in [-0.25, -0.2) is 0 Å². The zero-order valence-corrected chi connectivity index (χ0v) is 13.5. The molecule has 4 nitrogen and oxygen atoms in total. The van der Waals surface area contributed by atoms with Crippen LogP contribution in [0, 0.1) is 0 Å². The highest BCUT2D eigenvalue weighted by atomic mass is 79.9. The molecule has 2 aromatic carbocycles. The molecule has 0 saturated carbocycles. The van der Waals surface area contributed by atoms with Crippen molar-refractivity contribution >= 4 is 22.2 Å². The summed E-state index contributed by atoms with van der Waals surface area (Å²) in [6.45, 7) is 0.720. The van der Waals surface area contributed by atoms with Crippen LogP contribution in [0.4, 0.5) is 0 Å². The number of carbonyl (C=O) groups is 1. The lowest BCUT2D eigenvalue weighted by Gasteiger charge is -2.14. The molecule has 0 bridgehead atoms. The molecule has 116 valence electrons. The van der Waals surface area contributed by atoms with Gasteiger partial charge in [-0.05, 0) is 27.6 Å². The van der Waals surface area contributed by atoms with E-state index in [1.165, 1.54) is 0 Å². The van der Waals surface area contributed by atoms with Gasteiger partial charge in [-0.1, -0.05) is 42.5 Å². The predicted octanol–water partition coefficient (Wildman–Crippen LogP) is 3.22. The molecule has 0 fully saturated rings. The fraction of sp³-hybridized carbons (Fsp3) is 0.235. The molecule has 0 amide bonds. The van der Waals surface area contributed by atoms with Crippen LogP contribution in [-0.4, -0.2) is 30.7 Å².